The maximum atomic E-state index is 12.0. The second-order valence-corrected chi connectivity index (χ2v) is 5.81. The highest BCUT2D eigenvalue weighted by Gasteiger charge is 2.18. The molecule has 21 heavy (non-hydrogen) atoms. The molecule has 0 saturated heterocycles. The smallest absolute Gasteiger partial charge is 0.310 e. The number of esters is 1. The van der Waals surface area contributed by atoms with Crippen molar-refractivity contribution >= 4 is 34.5 Å². The maximum absolute atomic E-state index is 12.0. The van der Waals surface area contributed by atoms with Crippen LogP contribution in [0.1, 0.15) is 31.3 Å². The predicted molar refractivity (Wildman–Crippen MR) is 86.2 cm³/mol. The molecule has 1 N–H and O–H groups in total. The topological polar surface area (TPSA) is 77.5 Å². The molecule has 0 aliphatic rings. The Morgan fingerprint density at radius 1 is 1.33 bits per heavy atom. The van der Waals surface area contributed by atoms with Crippen LogP contribution in [-0.4, -0.2) is 36.6 Å². The van der Waals surface area contributed by atoms with Crippen molar-refractivity contribution in [1.82, 2.24) is 10.3 Å². The van der Waals surface area contributed by atoms with Crippen LogP contribution in [0.5, 0.6) is 5.75 Å². The molecule has 0 aliphatic heterocycles. The number of nitrogens with zero attached hydrogens (tertiary/aromatic N) is 1. The third-order valence-corrected chi connectivity index (χ3v) is 3.36. The average Bonchev–Trinajstić information content (AvgIpc) is 2.43. The summed E-state index contributed by atoms with van der Waals surface area (Å²) in [7, 11) is 1.54. The first-order chi connectivity index (χ1) is 9.85. The molecular weight excluding hydrogens is 387 g/mol. The van der Waals surface area contributed by atoms with Gasteiger partial charge in [0.05, 0.1) is 19.1 Å². The molecule has 116 valence electrons. The van der Waals surface area contributed by atoms with Gasteiger partial charge in [-0.2, -0.15) is 0 Å². The molecule has 1 rings (SSSR count). The van der Waals surface area contributed by atoms with Crippen molar-refractivity contribution in [2.45, 2.75) is 26.9 Å². The zero-order valence-electron chi connectivity index (χ0n) is 12.5. The molecule has 0 radical (unpaired) electrons. The van der Waals surface area contributed by atoms with Crippen molar-refractivity contribution in [2.75, 3.05) is 13.7 Å². The SMILES string of the molecule is COc1ccc(C(=O)NCC(C)C(=O)OC(C)C)nc1I. The second-order valence-electron chi connectivity index (χ2n) is 4.79. The standard InChI is InChI=1S/C14H19IN2O4/c1-8(2)21-14(19)9(3)7-16-13(18)10-5-6-11(20-4)12(15)17-10/h5-6,8-9H,7H2,1-4H3,(H,16,18). The highest BCUT2D eigenvalue weighted by molar-refractivity contribution is 14.1. The number of hydrogen-bond donors (Lipinski definition) is 1. The van der Waals surface area contributed by atoms with Crippen molar-refractivity contribution in [3.8, 4) is 5.75 Å². The second kappa shape index (κ2) is 8.16. The van der Waals surface area contributed by atoms with Gasteiger partial charge in [0.1, 0.15) is 9.39 Å². The lowest BCUT2D eigenvalue weighted by Gasteiger charge is -2.14. The summed E-state index contributed by atoms with van der Waals surface area (Å²) in [5, 5.41) is 2.67. The third kappa shape index (κ3) is 5.49. The van der Waals surface area contributed by atoms with Crippen molar-refractivity contribution in [3.63, 3.8) is 0 Å². The van der Waals surface area contributed by atoms with E-state index in [1.165, 1.54) is 0 Å². The van der Waals surface area contributed by atoms with Crippen LogP contribution in [0, 0.1) is 9.62 Å². The Labute approximate surface area is 137 Å². The van der Waals surface area contributed by atoms with E-state index in [-0.39, 0.29) is 30.2 Å². The molecule has 1 amide bonds. The van der Waals surface area contributed by atoms with Gasteiger partial charge in [0, 0.05) is 6.54 Å². The van der Waals surface area contributed by atoms with Crippen molar-refractivity contribution in [2.24, 2.45) is 5.92 Å². The van der Waals surface area contributed by atoms with Crippen LogP contribution in [0.15, 0.2) is 12.1 Å². The lowest BCUT2D eigenvalue weighted by Crippen LogP contribution is -2.33. The molecule has 0 bridgehead atoms. The van der Waals surface area contributed by atoms with Gasteiger partial charge in [-0.1, -0.05) is 6.92 Å². The lowest BCUT2D eigenvalue weighted by atomic mass is 10.2. The van der Waals surface area contributed by atoms with E-state index in [1.54, 1.807) is 40.0 Å². The minimum atomic E-state index is -0.409. The number of rotatable bonds is 6. The summed E-state index contributed by atoms with van der Waals surface area (Å²) in [4.78, 5) is 27.8. The van der Waals surface area contributed by atoms with Crippen LogP contribution in [0.2, 0.25) is 0 Å². The molecular formula is C14H19IN2O4. The number of aromatic nitrogens is 1. The lowest BCUT2D eigenvalue weighted by molar-refractivity contribution is -0.151. The first-order valence-electron chi connectivity index (χ1n) is 6.54. The van der Waals surface area contributed by atoms with E-state index in [4.69, 9.17) is 9.47 Å². The molecule has 0 fully saturated rings. The average molecular weight is 406 g/mol. The van der Waals surface area contributed by atoms with Gasteiger partial charge in [0.15, 0.2) is 5.75 Å². The Kier molecular flexibility index (Phi) is 6.86. The van der Waals surface area contributed by atoms with Gasteiger partial charge in [-0.15, -0.1) is 0 Å². The maximum Gasteiger partial charge on any atom is 0.310 e. The Morgan fingerprint density at radius 2 is 2.00 bits per heavy atom. The molecule has 1 unspecified atom stereocenters. The fraction of sp³-hybridized carbons (Fsp3) is 0.500. The minimum Gasteiger partial charge on any atom is -0.494 e. The van der Waals surface area contributed by atoms with Crippen LogP contribution < -0.4 is 10.1 Å². The van der Waals surface area contributed by atoms with Crippen LogP contribution in [0.25, 0.3) is 0 Å². The Balaban J connectivity index is 2.57. The molecule has 0 aromatic carbocycles. The highest BCUT2D eigenvalue weighted by Crippen LogP contribution is 2.18. The molecule has 0 aliphatic carbocycles. The summed E-state index contributed by atoms with van der Waals surface area (Å²) < 4.78 is 10.8. The van der Waals surface area contributed by atoms with Crippen molar-refractivity contribution in [3.05, 3.63) is 21.5 Å². The van der Waals surface area contributed by atoms with Crippen molar-refractivity contribution in [1.29, 1.82) is 0 Å². The first-order valence-corrected chi connectivity index (χ1v) is 7.62. The molecule has 1 aromatic rings. The number of pyridine rings is 1. The predicted octanol–water partition coefficient (Wildman–Crippen LogP) is 2.01. The normalized spacial score (nSPS) is 11.9. The summed E-state index contributed by atoms with van der Waals surface area (Å²) in [6.07, 6.45) is -0.166. The quantitative estimate of drug-likeness (QED) is 0.445. The molecule has 7 heteroatoms. The van der Waals surface area contributed by atoms with E-state index >= 15 is 0 Å². The van der Waals surface area contributed by atoms with E-state index in [0.29, 0.717) is 9.45 Å². The van der Waals surface area contributed by atoms with Gasteiger partial charge < -0.3 is 14.8 Å². The number of hydrogen-bond acceptors (Lipinski definition) is 5. The molecule has 0 spiro atoms. The first kappa shape index (κ1) is 17.7. The molecule has 1 atom stereocenters. The minimum absolute atomic E-state index is 0.166. The number of amides is 1. The van der Waals surface area contributed by atoms with Gasteiger partial charge in [-0.3, -0.25) is 9.59 Å². The number of nitrogens with one attached hydrogen (secondary N) is 1. The fourth-order valence-electron chi connectivity index (χ4n) is 1.47. The monoisotopic (exact) mass is 406 g/mol. The van der Waals surface area contributed by atoms with E-state index in [9.17, 15) is 9.59 Å². The zero-order valence-corrected chi connectivity index (χ0v) is 14.6. The summed E-state index contributed by atoms with van der Waals surface area (Å²) in [6.45, 7) is 5.48. The summed E-state index contributed by atoms with van der Waals surface area (Å²) in [5.74, 6) is -0.461. The van der Waals surface area contributed by atoms with E-state index < -0.39 is 5.92 Å². The van der Waals surface area contributed by atoms with E-state index in [1.807, 2.05) is 22.6 Å². The number of carbonyl (C=O) groups excluding carboxylic acids is 2. The zero-order chi connectivity index (χ0) is 16.0. The number of methoxy groups -OCH3 is 1. The molecule has 0 saturated carbocycles. The van der Waals surface area contributed by atoms with Gasteiger partial charge in [0.2, 0.25) is 0 Å². The van der Waals surface area contributed by atoms with Crippen LogP contribution in [0.4, 0.5) is 0 Å². The molecule has 6 nitrogen and oxygen atoms in total. The number of carbonyl (C=O) groups is 2. The van der Waals surface area contributed by atoms with Gasteiger partial charge >= 0.3 is 5.97 Å². The third-order valence-electron chi connectivity index (χ3n) is 2.59. The Bertz CT molecular complexity index is 520. The summed E-state index contributed by atoms with van der Waals surface area (Å²) in [5.41, 5.74) is 0.282. The Morgan fingerprint density at radius 3 is 2.52 bits per heavy atom. The van der Waals surface area contributed by atoms with Gasteiger partial charge in [0.25, 0.3) is 5.91 Å². The Hall–Kier alpha value is -1.38. The fourth-order valence-corrected chi connectivity index (χ4v) is 2.13. The van der Waals surface area contributed by atoms with Gasteiger partial charge in [-0.25, -0.2) is 4.98 Å². The molecule has 1 heterocycles. The van der Waals surface area contributed by atoms with Gasteiger partial charge in [-0.05, 0) is 48.6 Å². The van der Waals surface area contributed by atoms with Crippen LogP contribution >= 0.6 is 22.6 Å². The largest absolute Gasteiger partial charge is 0.494 e. The highest BCUT2D eigenvalue weighted by atomic mass is 127. The van der Waals surface area contributed by atoms with Crippen molar-refractivity contribution < 1.29 is 19.1 Å². The molecule has 1 aromatic heterocycles. The summed E-state index contributed by atoms with van der Waals surface area (Å²) in [6, 6.07) is 3.26. The number of ether oxygens (including phenoxy) is 2. The van der Waals surface area contributed by atoms with Crippen LogP contribution in [-0.2, 0) is 9.53 Å². The van der Waals surface area contributed by atoms with E-state index in [2.05, 4.69) is 10.3 Å². The summed E-state index contributed by atoms with van der Waals surface area (Å²) >= 11 is 1.99. The number of halogens is 1. The van der Waals surface area contributed by atoms with E-state index in [0.717, 1.165) is 0 Å². The van der Waals surface area contributed by atoms with Crippen LogP contribution in [0.3, 0.4) is 0 Å².